The molecule has 4 nitrogen and oxygen atoms in total. The van der Waals surface area contributed by atoms with Crippen LogP contribution in [0.5, 0.6) is 0 Å². The van der Waals surface area contributed by atoms with Crippen LogP contribution >= 0.6 is 11.6 Å². The Bertz CT molecular complexity index is 512. The van der Waals surface area contributed by atoms with Crippen molar-refractivity contribution >= 4 is 23.2 Å². The van der Waals surface area contributed by atoms with Crippen molar-refractivity contribution in [2.45, 2.75) is 24.8 Å². The van der Waals surface area contributed by atoms with E-state index in [1.165, 1.54) is 6.42 Å². The number of hydrogen-bond acceptors (Lipinski definition) is 3. The zero-order chi connectivity index (χ0) is 14.9. The molecule has 110 valence electrons. The number of benzene rings is 1. The molecule has 0 spiro atoms. The van der Waals surface area contributed by atoms with Crippen LogP contribution in [-0.2, 0) is 0 Å². The third kappa shape index (κ3) is 2.63. The van der Waals surface area contributed by atoms with E-state index in [-0.39, 0.29) is 11.4 Å². The number of anilines is 1. The van der Waals surface area contributed by atoms with Crippen LogP contribution in [0.1, 0.15) is 29.6 Å². The molecular weight excluding hydrogens is 274 g/mol. The third-order valence-electron chi connectivity index (χ3n) is 4.37. The first-order chi connectivity index (χ1) is 9.37. The minimum absolute atomic E-state index is 0.0737. The summed E-state index contributed by atoms with van der Waals surface area (Å²) in [6, 6.07) is 5.18. The van der Waals surface area contributed by atoms with Gasteiger partial charge in [0.05, 0.1) is 16.3 Å². The highest BCUT2D eigenvalue weighted by molar-refractivity contribution is 6.36. The molecule has 0 aliphatic heterocycles. The van der Waals surface area contributed by atoms with Gasteiger partial charge in [-0.05, 0) is 45.5 Å². The molecule has 1 aliphatic carbocycles. The summed E-state index contributed by atoms with van der Waals surface area (Å²) in [6.45, 7) is 0.712. The molecular formula is C15H22ClN3O. The molecule has 0 bridgehead atoms. The van der Waals surface area contributed by atoms with E-state index in [1.807, 2.05) is 7.05 Å². The van der Waals surface area contributed by atoms with Crippen LogP contribution < -0.4 is 5.73 Å². The van der Waals surface area contributed by atoms with Crippen molar-refractivity contribution in [3.8, 4) is 0 Å². The number of likely N-dealkylation sites (N-methyl/N-ethyl adjacent to an activating group) is 2. The van der Waals surface area contributed by atoms with Gasteiger partial charge in [0.2, 0.25) is 0 Å². The smallest absolute Gasteiger partial charge is 0.255 e. The van der Waals surface area contributed by atoms with Crippen LogP contribution in [0.15, 0.2) is 18.2 Å². The van der Waals surface area contributed by atoms with Crippen molar-refractivity contribution in [2.75, 3.05) is 33.4 Å². The zero-order valence-electron chi connectivity index (χ0n) is 12.3. The fourth-order valence-electron chi connectivity index (χ4n) is 2.77. The molecule has 2 rings (SSSR count). The van der Waals surface area contributed by atoms with Gasteiger partial charge in [-0.15, -0.1) is 0 Å². The number of amides is 1. The quantitative estimate of drug-likeness (QED) is 0.868. The lowest BCUT2D eigenvalue weighted by Crippen LogP contribution is -2.57. The average Bonchev–Trinajstić information content (AvgIpc) is 2.35. The maximum Gasteiger partial charge on any atom is 0.255 e. The average molecular weight is 296 g/mol. The van der Waals surface area contributed by atoms with Crippen molar-refractivity contribution in [2.24, 2.45) is 0 Å². The Morgan fingerprint density at radius 3 is 2.50 bits per heavy atom. The number of rotatable bonds is 4. The van der Waals surface area contributed by atoms with Gasteiger partial charge in [0.1, 0.15) is 0 Å². The Kier molecular flexibility index (Phi) is 4.25. The van der Waals surface area contributed by atoms with Gasteiger partial charge in [-0.25, -0.2) is 0 Å². The van der Waals surface area contributed by atoms with Gasteiger partial charge in [0, 0.05) is 19.1 Å². The predicted molar refractivity (Wildman–Crippen MR) is 83.1 cm³/mol. The first-order valence-corrected chi connectivity index (χ1v) is 7.22. The van der Waals surface area contributed by atoms with E-state index in [4.69, 9.17) is 17.3 Å². The summed E-state index contributed by atoms with van der Waals surface area (Å²) in [6.07, 6.45) is 3.48. The maximum absolute atomic E-state index is 12.5. The van der Waals surface area contributed by atoms with Crippen LogP contribution in [-0.4, -0.2) is 48.9 Å². The minimum Gasteiger partial charge on any atom is -0.398 e. The summed E-state index contributed by atoms with van der Waals surface area (Å²) in [7, 11) is 5.97. The number of hydrogen-bond donors (Lipinski definition) is 1. The predicted octanol–water partition coefficient (Wildman–Crippen LogP) is 2.48. The van der Waals surface area contributed by atoms with E-state index >= 15 is 0 Å². The Morgan fingerprint density at radius 1 is 1.35 bits per heavy atom. The molecule has 5 heteroatoms. The lowest BCUT2D eigenvalue weighted by Gasteiger charge is -2.49. The molecule has 0 radical (unpaired) electrons. The standard InChI is InChI=1S/C15H22ClN3O/c1-18(2)15(8-5-9-15)10-19(3)14(20)11-6-4-7-12(17)13(11)16/h4,6-7H,5,8-10,17H2,1-3H3. The zero-order valence-corrected chi connectivity index (χ0v) is 13.1. The summed E-state index contributed by atoms with van der Waals surface area (Å²) in [5.74, 6) is -0.0737. The van der Waals surface area contributed by atoms with Crippen LogP contribution in [0.25, 0.3) is 0 Å². The SMILES string of the molecule is CN(CC1(N(C)C)CCC1)C(=O)c1cccc(N)c1Cl. The van der Waals surface area contributed by atoms with Gasteiger partial charge in [-0.2, -0.15) is 0 Å². The Hall–Kier alpha value is -1.26. The minimum atomic E-state index is -0.0737. The number of nitrogens with zero attached hydrogens (tertiary/aromatic N) is 2. The van der Waals surface area contributed by atoms with E-state index in [0.29, 0.717) is 22.8 Å². The number of halogens is 1. The maximum atomic E-state index is 12.5. The first kappa shape index (κ1) is 15.1. The van der Waals surface area contributed by atoms with Crippen molar-refractivity contribution in [1.82, 2.24) is 9.80 Å². The Balaban J connectivity index is 2.15. The fraction of sp³-hybridized carbons (Fsp3) is 0.533. The van der Waals surface area contributed by atoms with Gasteiger partial charge in [0.25, 0.3) is 5.91 Å². The highest BCUT2D eigenvalue weighted by atomic mass is 35.5. The molecule has 0 atom stereocenters. The highest BCUT2D eigenvalue weighted by Gasteiger charge is 2.40. The topological polar surface area (TPSA) is 49.6 Å². The fourth-order valence-corrected chi connectivity index (χ4v) is 2.97. The second-order valence-corrected chi connectivity index (χ2v) is 6.22. The number of carbonyl (C=O) groups excluding carboxylic acids is 1. The molecule has 0 unspecified atom stereocenters. The van der Waals surface area contributed by atoms with Crippen molar-refractivity contribution < 1.29 is 4.79 Å². The van der Waals surface area contributed by atoms with Gasteiger partial charge < -0.3 is 15.5 Å². The molecule has 20 heavy (non-hydrogen) atoms. The number of carbonyl (C=O) groups is 1. The molecule has 0 heterocycles. The summed E-state index contributed by atoms with van der Waals surface area (Å²) in [5.41, 5.74) is 6.78. The van der Waals surface area contributed by atoms with Gasteiger partial charge in [0.15, 0.2) is 0 Å². The van der Waals surface area contributed by atoms with Crippen molar-refractivity contribution in [1.29, 1.82) is 0 Å². The summed E-state index contributed by atoms with van der Waals surface area (Å²) >= 11 is 6.13. The lowest BCUT2D eigenvalue weighted by molar-refractivity contribution is 0.0252. The molecule has 1 aliphatic rings. The molecule has 2 N–H and O–H groups in total. The highest BCUT2D eigenvalue weighted by Crippen LogP contribution is 2.37. The molecule has 1 fully saturated rings. The molecule has 1 aromatic rings. The van der Waals surface area contributed by atoms with E-state index < -0.39 is 0 Å². The van der Waals surface area contributed by atoms with E-state index in [1.54, 1.807) is 23.1 Å². The summed E-state index contributed by atoms with van der Waals surface area (Å²) in [5, 5.41) is 0.344. The molecule has 0 aromatic heterocycles. The Morgan fingerprint density at radius 2 is 2.00 bits per heavy atom. The number of nitrogens with two attached hydrogens (primary N) is 1. The molecule has 1 amide bonds. The van der Waals surface area contributed by atoms with Gasteiger partial charge in [-0.1, -0.05) is 17.7 Å². The van der Waals surface area contributed by atoms with Crippen LogP contribution in [0, 0.1) is 0 Å². The van der Waals surface area contributed by atoms with Crippen LogP contribution in [0.3, 0.4) is 0 Å². The summed E-state index contributed by atoms with van der Waals surface area (Å²) < 4.78 is 0. The second kappa shape index (κ2) is 5.62. The largest absolute Gasteiger partial charge is 0.398 e. The normalized spacial score (nSPS) is 16.9. The number of nitrogen functional groups attached to an aromatic ring is 1. The second-order valence-electron chi connectivity index (χ2n) is 5.84. The van der Waals surface area contributed by atoms with Crippen LogP contribution in [0.2, 0.25) is 5.02 Å². The molecule has 0 saturated heterocycles. The van der Waals surface area contributed by atoms with E-state index in [0.717, 1.165) is 12.8 Å². The van der Waals surface area contributed by atoms with E-state index in [2.05, 4.69) is 19.0 Å². The molecule has 1 aromatic carbocycles. The monoisotopic (exact) mass is 295 g/mol. The summed E-state index contributed by atoms with van der Waals surface area (Å²) in [4.78, 5) is 16.5. The lowest BCUT2D eigenvalue weighted by atomic mass is 9.75. The first-order valence-electron chi connectivity index (χ1n) is 6.84. The van der Waals surface area contributed by atoms with Gasteiger partial charge >= 0.3 is 0 Å². The van der Waals surface area contributed by atoms with Crippen molar-refractivity contribution in [3.63, 3.8) is 0 Å². The van der Waals surface area contributed by atoms with Crippen molar-refractivity contribution in [3.05, 3.63) is 28.8 Å². The molecule has 1 saturated carbocycles. The van der Waals surface area contributed by atoms with E-state index in [9.17, 15) is 4.79 Å². The van der Waals surface area contributed by atoms with Crippen LogP contribution in [0.4, 0.5) is 5.69 Å². The van der Waals surface area contributed by atoms with Gasteiger partial charge in [-0.3, -0.25) is 4.79 Å². The Labute approximate surface area is 125 Å². The third-order valence-corrected chi connectivity index (χ3v) is 4.79.